The summed E-state index contributed by atoms with van der Waals surface area (Å²) in [6, 6.07) is 12.5. The SMILES string of the molecule is C/C(=N\N(C)c1ccc(N2CCNCC2)cc1)c1ccncc1. The molecule has 5 nitrogen and oxygen atoms in total. The van der Waals surface area contributed by atoms with E-state index in [1.54, 1.807) is 12.4 Å². The molecule has 1 aromatic heterocycles. The number of hydrogen-bond acceptors (Lipinski definition) is 5. The number of nitrogens with one attached hydrogen (secondary N) is 1. The van der Waals surface area contributed by atoms with Gasteiger partial charge in [0.05, 0.1) is 11.4 Å². The predicted octanol–water partition coefficient (Wildman–Crippen LogP) is 2.35. The summed E-state index contributed by atoms with van der Waals surface area (Å²) < 4.78 is 0. The van der Waals surface area contributed by atoms with Crippen LogP contribution in [0.5, 0.6) is 0 Å². The molecule has 1 aliphatic heterocycles. The van der Waals surface area contributed by atoms with E-state index in [1.807, 2.05) is 31.1 Å². The maximum absolute atomic E-state index is 4.66. The zero-order chi connectivity index (χ0) is 16.1. The summed E-state index contributed by atoms with van der Waals surface area (Å²) in [6.45, 7) is 6.25. The molecule has 2 aromatic rings. The van der Waals surface area contributed by atoms with Gasteiger partial charge in [0, 0.05) is 56.9 Å². The summed E-state index contributed by atoms with van der Waals surface area (Å²) in [7, 11) is 1.98. The molecular weight excluding hydrogens is 286 g/mol. The summed E-state index contributed by atoms with van der Waals surface area (Å²) in [5.74, 6) is 0. The zero-order valence-corrected chi connectivity index (χ0v) is 13.7. The Morgan fingerprint density at radius 3 is 2.39 bits per heavy atom. The molecule has 2 heterocycles. The molecule has 1 saturated heterocycles. The second-order valence-corrected chi connectivity index (χ2v) is 5.70. The van der Waals surface area contributed by atoms with Gasteiger partial charge in [-0.25, -0.2) is 0 Å². The number of benzene rings is 1. The van der Waals surface area contributed by atoms with Gasteiger partial charge in [0.15, 0.2) is 0 Å². The van der Waals surface area contributed by atoms with Crippen molar-refractivity contribution in [3.8, 4) is 0 Å². The molecule has 0 bridgehead atoms. The van der Waals surface area contributed by atoms with Crippen LogP contribution < -0.4 is 15.2 Å². The first-order valence-corrected chi connectivity index (χ1v) is 7.99. The average molecular weight is 309 g/mol. The number of piperazine rings is 1. The molecule has 1 N–H and O–H groups in total. The first kappa shape index (κ1) is 15.5. The molecule has 0 saturated carbocycles. The quantitative estimate of drug-likeness (QED) is 0.695. The van der Waals surface area contributed by atoms with E-state index >= 15 is 0 Å². The Kier molecular flexibility index (Phi) is 4.88. The molecule has 0 aliphatic carbocycles. The lowest BCUT2D eigenvalue weighted by Crippen LogP contribution is -2.43. The van der Waals surface area contributed by atoms with Gasteiger partial charge in [-0.05, 0) is 43.3 Å². The number of rotatable bonds is 4. The minimum absolute atomic E-state index is 0.973. The highest BCUT2D eigenvalue weighted by Gasteiger charge is 2.10. The smallest absolute Gasteiger partial charge is 0.0651 e. The number of anilines is 2. The molecule has 0 unspecified atom stereocenters. The van der Waals surface area contributed by atoms with Gasteiger partial charge in [-0.2, -0.15) is 5.10 Å². The van der Waals surface area contributed by atoms with Gasteiger partial charge in [-0.1, -0.05) is 0 Å². The largest absolute Gasteiger partial charge is 0.369 e. The van der Waals surface area contributed by atoms with Gasteiger partial charge >= 0.3 is 0 Å². The minimum atomic E-state index is 0.973. The van der Waals surface area contributed by atoms with Gasteiger partial charge in [-0.3, -0.25) is 9.99 Å². The maximum atomic E-state index is 4.66. The van der Waals surface area contributed by atoms with Crippen molar-refractivity contribution in [1.82, 2.24) is 10.3 Å². The molecule has 1 aliphatic rings. The number of hydrogen-bond donors (Lipinski definition) is 1. The molecule has 5 heteroatoms. The standard InChI is InChI=1S/C18H23N5/c1-15(16-7-9-19-10-8-16)21-22(2)17-3-5-18(6-4-17)23-13-11-20-12-14-23/h3-10,20H,11-14H2,1-2H3/b21-15+. The number of pyridine rings is 1. The molecule has 23 heavy (non-hydrogen) atoms. The van der Waals surface area contributed by atoms with Crippen LogP contribution in [0.1, 0.15) is 12.5 Å². The molecule has 120 valence electrons. The average Bonchev–Trinajstić information content (AvgIpc) is 2.63. The van der Waals surface area contributed by atoms with E-state index in [2.05, 4.69) is 44.6 Å². The van der Waals surface area contributed by atoms with E-state index < -0.39 is 0 Å². The van der Waals surface area contributed by atoms with E-state index in [-0.39, 0.29) is 0 Å². The molecule has 0 spiro atoms. The third-order valence-electron chi connectivity index (χ3n) is 4.10. The summed E-state index contributed by atoms with van der Waals surface area (Å²) in [5, 5.41) is 9.95. The lowest BCUT2D eigenvalue weighted by Gasteiger charge is -2.29. The molecule has 1 fully saturated rings. The molecule has 3 rings (SSSR count). The second-order valence-electron chi connectivity index (χ2n) is 5.70. The van der Waals surface area contributed by atoms with Crippen molar-refractivity contribution in [2.45, 2.75) is 6.92 Å². The van der Waals surface area contributed by atoms with Gasteiger partial charge in [0.2, 0.25) is 0 Å². The first-order valence-electron chi connectivity index (χ1n) is 7.99. The molecule has 0 atom stereocenters. The normalized spacial score (nSPS) is 15.6. The van der Waals surface area contributed by atoms with Crippen molar-refractivity contribution >= 4 is 17.1 Å². The fraction of sp³-hybridized carbons (Fsp3) is 0.333. The summed E-state index contributed by atoms with van der Waals surface area (Å²) in [5.41, 5.74) is 4.42. The predicted molar refractivity (Wildman–Crippen MR) is 96.4 cm³/mol. The van der Waals surface area contributed by atoms with Crippen LogP contribution in [-0.4, -0.2) is 43.9 Å². The van der Waals surface area contributed by atoms with Crippen molar-refractivity contribution in [2.24, 2.45) is 5.10 Å². The van der Waals surface area contributed by atoms with E-state index in [0.29, 0.717) is 0 Å². The lowest BCUT2D eigenvalue weighted by atomic mass is 10.2. The van der Waals surface area contributed by atoms with Gasteiger partial charge in [0.1, 0.15) is 0 Å². The Balaban J connectivity index is 1.71. The number of aromatic nitrogens is 1. The highest BCUT2D eigenvalue weighted by Crippen LogP contribution is 2.21. The van der Waals surface area contributed by atoms with E-state index in [4.69, 9.17) is 0 Å². The summed E-state index contributed by atoms with van der Waals surface area (Å²) in [6.07, 6.45) is 3.58. The van der Waals surface area contributed by atoms with Crippen LogP contribution >= 0.6 is 0 Å². The topological polar surface area (TPSA) is 43.8 Å². The Bertz CT molecular complexity index is 645. The van der Waals surface area contributed by atoms with Crippen molar-refractivity contribution in [3.63, 3.8) is 0 Å². The van der Waals surface area contributed by atoms with Crippen LogP contribution in [-0.2, 0) is 0 Å². The number of nitrogens with zero attached hydrogens (tertiary/aromatic N) is 4. The third-order valence-corrected chi connectivity index (χ3v) is 4.10. The Labute approximate surface area is 137 Å². The number of hydrazone groups is 1. The van der Waals surface area contributed by atoms with Crippen LogP contribution in [0.2, 0.25) is 0 Å². The van der Waals surface area contributed by atoms with Gasteiger partial charge in [-0.15, -0.1) is 0 Å². The Hall–Kier alpha value is -2.40. The zero-order valence-electron chi connectivity index (χ0n) is 13.7. The van der Waals surface area contributed by atoms with Crippen molar-refractivity contribution in [3.05, 3.63) is 54.4 Å². The van der Waals surface area contributed by atoms with Crippen LogP contribution in [0.15, 0.2) is 53.9 Å². The Morgan fingerprint density at radius 1 is 1.09 bits per heavy atom. The lowest BCUT2D eigenvalue weighted by molar-refractivity contribution is 0.589. The van der Waals surface area contributed by atoms with E-state index in [1.165, 1.54) is 5.69 Å². The van der Waals surface area contributed by atoms with Gasteiger partial charge < -0.3 is 10.2 Å². The maximum Gasteiger partial charge on any atom is 0.0651 e. The van der Waals surface area contributed by atoms with Crippen molar-refractivity contribution in [1.29, 1.82) is 0 Å². The first-order chi connectivity index (χ1) is 11.2. The molecule has 1 aromatic carbocycles. The van der Waals surface area contributed by atoms with Crippen LogP contribution in [0.4, 0.5) is 11.4 Å². The van der Waals surface area contributed by atoms with Crippen molar-refractivity contribution < 1.29 is 0 Å². The third kappa shape index (κ3) is 3.87. The summed E-state index contributed by atoms with van der Waals surface area (Å²) in [4.78, 5) is 6.45. The Morgan fingerprint density at radius 2 is 1.74 bits per heavy atom. The highest BCUT2D eigenvalue weighted by molar-refractivity contribution is 5.99. The summed E-state index contributed by atoms with van der Waals surface area (Å²) >= 11 is 0. The van der Waals surface area contributed by atoms with Crippen molar-refractivity contribution in [2.75, 3.05) is 43.1 Å². The molecule has 0 amide bonds. The molecular formula is C18H23N5. The second kappa shape index (κ2) is 7.24. The fourth-order valence-corrected chi connectivity index (χ4v) is 2.74. The van der Waals surface area contributed by atoms with Crippen LogP contribution in [0, 0.1) is 0 Å². The highest BCUT2D eigenvalue weighted by atomic mass is 15.4. The van der Waals surface area contributed by atoms with Crippen LogP contribution in [0.25, 0.3) is 0 Å². The molecule has 0 radical (unpaired) electrons. The van der Waals surface area contributed by atoms with E-state index in [9.17, 15) is 0 Å². The fourth-order valence-electron chi connectivity index (χ4n) is 2.74. The van der Waals surface area contributed by atoms with E-state index in [0.717, 1.165) is 43.1 Å². The minimum Gasteiger partial charge on any atom is -0.369 e. The van der Waals surface area contributed by atoms with Crippen LogP contribution in [0.3, 0.4) is 0 Å². The monoisotopic (exact) mass is 309 g/mol. The van der Waals surface area contributed by atoms with Gasteiger partial charge in [0.25, 0.3) is 0 Å².